The summed E-state index contributed by atoms with van der Waals surface area (Å²) in [6.07, 6.45) is 0. The molecule has 6 nitrogen and oxygen atoms in total. The molecular formula is C11H16N4O2S2. The fourth-order valence-electron chi connectivity index (χ4n) is 1.60. The molecule has 1 aromatic carbocycles. The van der Waals surface area contributed by atoms with Gasteiger partial charge in [0.15, 0.2) is 5.13 Å². The minimum atomic E-state index is -3.19. The van der Waals surface area contributed by atoms with E-state index in [1.54, 1.807) is 13.0 Å². The number of nitrogens with zero attached hydrogens (tertiary/aromatic N) is 1. The number of rotatable bonds is 6. The Labute approximate surface area is 116 Å². The van der Waals surface area contributed by atoms with Gasteiger partial charge in [0.2, 0.25) is 10.0 Å². The normalized spacial score (nSPS) is 11.8. The average Bonchev–Trinajstić information content (AvgIpc) is 2.70. The molecule has 0 saturated heterocycles. The van der Waals surface area contributed by atoms with Crippen molar-refractivity contribution < 1.29 is 8.42 Å². The second-order valence-electron chi connectivity index (χ2n) is 3.99. The van der Waals surface area contributed by atoms with E-state index >= 15 is 0 Å². The van der Waals surface area contributed by atoms with Gasteiger partial charge in [-0.3, -0.25) is 0 Å². The highest BCUT2D eigenvalue weighted by atomic mass is 32.2. The summed E-state index contributed by atoms with van der Waals surface area (Å²) in [5, 5.41) is 3.72. The van der Waals surface area contributed by atoms with Gasteiger partial charge in [0, 0.05) is 18.8 Å². The third-order valence-electron chi connectivity index (χ3n) is 2.42. The summed E-state index contributed by atoms with van der Waals surface area (Å²) in [7, 11) is -3.19. The zero-order chi connectivity index (χ0) is 13.9. The summed E-state index contributed by atoms with van der Waals surface area (Å²) >= 11 is 1.46. The highest BCUT2D eigenvalue weighted by Gasteiger charge is 2.09. The monoisotopic (exact) mass is 300 g/mol. The molecule has 0 unspecified atom stereocenters. The van der Waals surface area contributed by atoms with Gasteiger partial charge in [-0.05, 0) is 18.2 Å². The topological polar surface area (TPSA) is 97.1 Å². The van der Waals surface area contributed by atoms with Crippen LogP contribution in [0, 0.1) is 0 Å². The molecule has 0 bridgehead atoms. The van der Waals surface area contributed by atoms with Crippen LogP contribution in [0.25, 0.3) is 10.2 Å². The van der Waals surface area contributed by atoms with Crippen LogP contribution in [0.1, 0.15) is 6.92 Å². The molecule has 0 atom stereocenters. The van der Waals surface area contributed by atoms with Gasteiger partial charge in [-0.25, -0.2) is 18.1 Å². The molecule has 0 radical (unpaired) electrons. The SMILES string of the molecule is CCNS(=O)(=O)CCNc1nc2ccc(N)cc2s1. The lowest BCUT2D eigenvalue weighted by Gasteiger charge is -2.04. The molecule has 104 valence electrons. The molecule has 8 heteroatoms. The smallest absolute Gasteiger partial charge is 0.213 e. The Bertz CT molecular complexity index is 666. The van der Waals surface area contributed by atoms with Crippen molar-refractivity contribution in [3.8, 4) is 0 Å². The first-order valence-corrected chi connectivity index (χ1v) is 8.34. The number of benzene rings is 1. The standard InChI is InChI=1S/C11H16N4O2S2/c1-2-14-19(16,17)6-5-13-11-15-9-4-3-8(12)7-10(9)18-11/h3-4,7,14H,2,5-6,12H2,1H3,(H,13,15). The van der Waals surface area contributed by atoms with Gasteiger partial charge in [-0.2, -0.15) is 0 Å². The Kier molecular flexibility index (Phi) is 4.23. The van der Waals surface area contributed by atoms with Gasteiger partial charge in [-0.15, -0.1) is 0 Å². The van der Waals surface area contributed by atoms with Crippen LogP contribution in [-0.2, 0) is 10.0 Å². The zero-order valence-corrected chi connectivity index (χ0v) is 12.1. The third kappa shape index (κ3) is 3.79. The molecule has 0 fully saturated rings. The van der Waals surface area contributed by atoms with E-state index in [0.29, 0.717) is 23.9 Å². The van der Waals surface area contributed by atoms with Crippen LogP contribution >= 0.6 is 11.3 Å². The molecule has 0 aliphatic rings. The van der Waals surface area contributed by atoms with E-state index in [4.69, 9.17) is 5.73 Å². The maximum absolute atomic E-state index is 11.5. The number of hydrogen-bond donors (Lipinski definition) is 3. The maximum Gasteiger partial charge on any atom is 0.213 e. The van der Waals surface area contributed by atoms with E-state index in [2.05, 4.69) is 15.0 Å². The molecule has 0 amide bonds. The summed E-state index contributed by atoms with van der Waals surface area (Å²) in [6.45, 7) is 2.48. The van der Waals surface area contributed by atoms with E-state index in [0.717, 1.165) is 10.2 Å². The molecule has 0 spiro atoms. The first-order chi connectivity index (χ1) is 9.00. The summed E-state index contributed by atoms with van der Waals surface area (Å²) in [6, 6.07) is 5.50. The molecule has 2 rings (SSSR count). The fourth-order valence-corrected chi connectivity index (χ4v) is 3.50. The first kappa shape index (κ1) is 14.0. The Hall–Kier alpha value is -1.38. The molecule has 0 aliphatic heterocycles. The van der Waals surface area contributed by atoms with E-state index in [1.165, 1.54) is 11.3 Å². The average molecular weight is 300 g/mol. The Morgan fingerprint density at radius 2 is 2.21 bits per heavy atom. The second kappa shape index (κ2) is 5.72. The molecule has 1 aromatic heterocycles. The molecular weight excluding hydrogens is 284 g/mol. The number of aromatic nitrogens is 1. The first-order valence-electron chi connectivity index (χ1n) is 5.87. The maximum atomic E-state index is 11.5. The van der Waals surface area contributed by atoms with E-state index < -0.39 is 10.0 Å². The summed E-state index contributed by atoms with van der Waals surface area (Å²) < 4.78 is 26.3. The Balaban J connectivity index is 1.99. The lowest BCUT2D eigenvalue weighted by molar-refractivity contribution is 0.584. The quantitative estimate of drug-likeness (QED) is 0.697. The fraction of sp³-hybridized carbons (Fsp3) is 0.364. The van der Waals surface area contributed by atoms with Crippen molar-refractivity contribution >= 4 is 42.4 Å². The largest absolute Gasteiger partial charge is 0.399 e. The number of hydrogen-bond acceptors (Lipinski definition) is 6. The van der Waals surface area contributed by atoms with Crippen molar-refractivity contribution in [2.24, 2.45) is 0 Å². The molecule has 1 heterocycles. The zero-order valence-electron chi connectivity index (χ0n) is 10.5. The van der Waals surface area contributed by atoms with Gasteiger partial charge in [-0.1, -0.05) is 18.3 Å². The van der Waals surface area contributed by atoms with Crippen molar-refractivity contribution in [3.05, 3.63) is 18.2 Å². The number of nitrogen functional groups attached to an aromatic ring is 1. The molecule has 0 saturated carbocycles. The highest BCUT2D eigenvalue weighted by Crippen LogP contribution is 2.27. The van der Waals surface area contributed by atoms with Crippen LogP contribution in [0.2, 0.25) is 0 Å². The second-order valence-corrected chi connectivity index (χ2v) is 6.95. The van der Waals surface area contributed by atoms with Crippen molar-refractivity contribution in [2.45, 2.75) is 6.92 Å². The summed E-state index contributed by atoms with van der Waals surface area (Å²) in [5.74, 6) is 0.0267. The van der Waals surface area contributed by atoms with E-state index in [9.17, 15) is 8.42 Å². The van der Waals surface area contributed by atoms with Crippen molar-refractivity contribution in [3.63, 3.8) is 0 Å². The van der Waals surface area contributed by atoms with Crippen LogP contribution in [0.5, 0.6) is 0 Å². The van der Waals surface area contributed by atoms with Crippen molar-refractivity contribution in [1.82, 2.24) is 9.71 Å². The van der Waals surface area contributed by atoms with Crippen LogP contribution in [0.3, 0.4) is 0 Å². The van der Waals surface area contributed by atoms with Crippen molar-refractivity contribution in [2.75, 3.05) is 29.9 Å². The van der Waals surface area contributed by atoms with Gasteiger partial charge >= 0.3 is 0 Å². The number of sulfonamides is 1. The lowest BCUT2D eigenvalue weighted by atomic mass is 10.3. The molecule has 4 N–H and O–H groups in total. The lowest BCUT2D eigenvalue weighted by Crippen LogP contribution is -2.29. The van der Waals surface area contributed by atoms with Crippen LogP contribution in [0.15, 0.2) is 18.2 Å². The third-order valence-corrected chi connectivity index (χ3v) is 4.87. The number of nitrogens with one attached hydrogen (secondary N) is 2. The van der Waals surface area contributed by atoms with Gasteiger partial charge in [0.05, 0.1) is 16.0 Å². The van der Waals surface area contributed by atoms with Crippen LogP contribution in [-0.4, -0.2) is 32.2 Å². The molecule has 19 heavy (non-hydrogen) atoms. The predicted octanol–water partition coefficient (Wildman–Crippen LogP) is 1.23. The number of nitrogens with two attached hydrogens (primary N) is 1. The summed E-state index contributed by atoms with van der Waals surface area (Å²) in [4.78, 5) is 4.36. The van der Waals surface area contributed by atoms with Crippen LogP contribution < -0.4 is 15.8 Å². The number of thiazole rings is 1. The highest BCUT2D eigenvalue weighted by molar-refractivity contribution is 7.89. The molecule has 2 aromatic rings. The Morgan fingerprint density at radius 3 is 2.95 bits per heavy atom. The minimum absolute atomic E-state index is 0.0267. The number of anilines is 2. The predicted molar refractivity (Wildman–Crippen MR) is 80.0 cm³/mol. The van der Waals surface area contributed by atoms with Gasteiger partial charge < -0.3 is 11.1 Å². The Morgan fingerprint density at radius 1 is 1.42 bits per heavy atom. The molecule has 0 aliphatic carbocycles. The van der Waals surface area contributed by atoms with Crippen LogP contribution in [0.4, 0.5) is 10.8 Å². The van der Waals surface area contributed by atoms with E-state index in [1.807, 2.05) is 12.1 Å². The van der Waals surface area contributed by atoms with Crippen molar-refractivity contribution in [1.29, 1.82) is 0 Å². The summed E-state index contributed by atoms with van der Waals surface area (Å²) in [5.41, 5.74) is 7.24. The van der Waals surface area contributed by atoms with Gasteiger partial charge in [0.25, 0.3) is 0 Å². The van der Waals surface area contributed by atoms with Gasteiger partial charge in [0.1, 0.15) is 0 Å². The van der Waals surface area contributed by atoms with E-state index in [-0.39, 0.29) is 5.75 Å². The number of fused-ring (bicyclic) bond motifs is 1. The minimum Gasteiger partial charge on any atom is -0.399 e.